The molecule has 1 aliphatic heterocycles. The molecule has 1 aromatic rings. The van der Waals surface area contributed by atoms with Crippen molar-refractivity contribution in [2.75, 3.05) is 19.7 Å². The highest BCUT2D eigenvalue weighted by atomic mass is 19.1. The minimum atomic E-state index is -0.978. The van der Waals surface area contributed by atoms with Crippen LogP contribution in [0.4, 0.5) is 9.18 Å². The summed E-state index contributed by atoms with van der Waals surface area (Å²) in [7, 11) is 0. The molecule has 102 valence electrons. The van der Waals surface area contributed by atoms with Crippen LogP contribution in [0.25, 0.3) is 0 Å². The standard InChI is InChI=1S/C13H15FN2O3/c1-2-19-13(18)16-8-7-15-12(17)11(16)9-5-3-4-6-10(9)14/h3-6,11H,2,7-8H2,1H3,(H,15,17). The molecule has 1 atom stereocenters. The number of rotatable bonds is 2. The van der Waals surface area contributed by atoms with Crippen molar-refractivity contribution >= 4 is 12.0 Å². The summed E-state index contributed by atoms with van der Waals surface area (Å²) in [6.07, 6.45) is -0.606. The molecule has 1 fully saturated rings. The van der Waals surface area contributed by atoms with E-state index in [9.17, 15) is 14.0 Å². The van der Waals surface area contributed by atoms with Crippen molar-refractivity contribution in [3.05, 3.63) is 35.6 Å². The molecule has 0 spiro atoms. The third kappa shape index (κ3) is 2.67. The van der Waals surface area contributed by atoms with E-state index in [-0.39, 0.29) is 12.2 Å². The monoisotopic (exact) mass is 266 g/mol. The van der Waals surface area contributed by atoms with Gasteiger partial charge in [-0.15, -0.1) is 0 Å². The lowest BCUT2D eigenvalue weighted by Gasteiger charge is -2.34. The van der Waals surface area contributed by atoms with Crippen LogP contribution in [0.15, 0.2) is 24.3 Å². The number of carbonyl (C=O) groups excluding carboxylic acids is 2. The number of ether oxygens (including phenoxy) is 1. The van der Waals surface area contributed by atoms with E-state index in [1.807, 2.05) is 0 Å². The molecule has 6 heteroatoms. The van der Waals surface area contributed by atoms with E-state index >= 15 is 0 Å². The molecule has 0 aromatic heterocycles. The maximum Gasteiger partial charge on any atom is 0.410 e. The average molecular weight is 266 g/mol. The first-order valence-corrected chi connectivity index (χ1v) is 6.10. The second-order valence-corrected chi connectivity index (χ2v) is 4.11. The Balaban J connectivity index is 2.34. The Labute approximate surface area is 110 Å². The summed E-state index contributed by atoms with van der Waals surface area (Å²) >= 11 is 0. The van der Waals surface area contributed by atoms with Gasteiger partial charge in [0.15, 0.2) is 0 Å². The molecule has 1 saturated heterocycles. The molecule has 19 heavy (non-hydrogen) atoms. The summed E-state index contributed by atoms with van der Waals surface area (Å²) < 4.78 is 18.7. The molecule has 5 nitrogen and oxygen atoms in total. The van der Waals surface area contributed by atoms with Crippen molar-refractivity contribution in [2.24, 2.45) is 0 Å². The van der Waals surface area contributed by atoms with E-state index in [2.05, 4.69) is 5.32 Å². The van der Waals surface area contributed by atoms with Gasteiger partial charge in [-0.3, -0.25) is 9.69 Å². The molecule has 0 bridgehead atoms. The van der Waals surface area contributed by atoms with E-state index in [1.54, 1.807) is 13.0 Å². The molecular formula is C13H15FN2O3. The van der Waals surface area contributed by atoms with Gasteiger partial charge in [0.25, 0.3) is 0 Å². The maximum atomic E-state index is 13.8. The van der Waals surface area contributed by atoms with E-state index in [1.165, 1.54) is 23.1 Å². The smallest absolute Gasteiger partial charge is 0.410 e. The van der Waals surface area contributed by atoms with E-state index < -0.39 is 23.9 Å². The van der Waals surface area contributed by atoms with Gasteiger partial charge < -0.3 is 10.1 Å². The second-order valence-electron chi connectivity index (χ2n) is 4.11. The molecule has 1 heterocycles. The van der Waals surface area contributed by atoms with Gasteiger partial charge in [-0.2, -0.15) is 0 Å². The molecule has 1 unspecified atom stereocenters. The lowest BCUT2D eigenvalue weighted by molar-refractivity contribution is -0.128. The number of carbonyl (C=O) groups is 2. The molecular weight excluding hydrogens is 251 g/mol. The van der Waals surface area contributed by atoms with Gasteiger partial charge in [-0.25, -0.2) is 9.18 Å². The van der Waals surface area contributed by atoms with Crippen molar-refractivity contribution in [1.82, 2.24) is 10.2 Å². The normalized spacial score (nSPS) is 18.9. The summed E-state index contributed by atoms with van der Waals surface area (Å²) in [5, 5.41) is 2.63. The third-order valence-electron chi connectivity index (χ3n) is 2.91. The highest BCUT2D eigenvalue weighted by molar-refractivity contribution is 5.88. The Morgan fingerprint density at radius 2 is 2.26 bits per heavy atom. The summed E-state index contributed by atoms with van der Waals surface area (Å²) in [5.74, 6) is -0.914. The SMILES string of the molecule is CCOC(=O)N1CCNC(=O)C1c1ccccc1F. The van der Waals surface area contributed by atoms with E-state index in [0.29, 0.717) is 13.1 Å². The van der Waals surface area contributed by atoms with Crippen LogP contribution in [0.1, 0.15) is 18.5 Å². The van der Waals surface area contributed by atoms with Gasteiger partial charge in [-0.05, 0) is 13.0 Å². The van der Waals surface area contributed by atoms with Crippen molar-refractivity contribution in [3.63, 3.8) is 0 Å². The highest BCUT2D eigenvalue weighted by Gasteiger charge is 2.36. The van der Waals surface area contributed by atoms with Crippen molar-refractivity contribution in [3.8, 4) is 0 Å². The minimum Gasteiger partial charge on any atom is -0.450 e. The van der Waals surface area contributed by atoms with Crippen molar-refractivity contribution < 1.29 is 18.7 Å². The fraction of sp³-hybridized carbons (Fsp3) is 0.385. The van der Waals surface area contributed by atoms with Gasteiger partial charge in [0.2, 0.25) is 5.91 Å². The molecule has 0 aliphatic carbocycles. The van der Waals surface area contributed by atoms with Crippen LogP contribution in [0.2, 0.25) is 0 Å². The number of hydrogen-bond donors (Lipinski definition) is 1. The lowest BCUT2D eigenvalue weighted by atomic mass is 10.0. The largest absolute Gasteiger partial charge is 0.450 e. The summed E-state index contributed by atoms with van der Waals surface area (Å²) in [6, 6.07) is 4.95. The average Bonchev–Trinajstić information content (AvgIpc) is 2.40. The van der Waals surface area contributed by atoms with Gasteiger partial charge in [0.1, 0.15) is 11.9 Å². The number of hydrogen-bond acceptors (Lipinski definition) is 3. The fourth-order valence-electron chi connectivity index (χ4n) is 2.08. The third-order valence-corrected chi connectivity index (χ3v) is 2.91. The molecule has 0 saturated carbocycles. The van der Waals surface area contributed by atoms with Gasteiger partial charge >= 0.3 is 6.09 Å². The van der Waals surface area contributed by atoms with Gasteiger partial charge in [-0.1, -0.05) is 18.2 Å². The number of piperazine rings is 1. The number of nitrogens with zero attached hydrogens (tertiary/aromatic N) is 1. The summed E-state index contributed by atoms with van der Waals surface area (Å²) in [4.78, 5) is 25.0. The number of nitrogens with one attached hydrogen (secondary N) is 1. The lowest BCUT2D eigenvalue weighted by Crippen LogP contribution is -2.52. The summed E-state index contributed by atoms with van der Waals surface area (Å²) in [6.45, 7) is 2.52. The van der Waals surface area contributed by atoms with Crippen molar-refractivity contribution in [2.45, 2.75) is 13.0 Å². The van der Waals surface area contributed by atoms with Gasteiger partial charge in [0.05, 0.1) is 6.61 Å². The highest BCUT2D eigenvalue weighted by Crippen LogP contribution is 2.26. The number of benzene rings is 1. The van der Waals surface area contributed by atoms with Gasteiger partial charge in [0, 0.05) is 18.7 Å². The number of amides is 2. The quantitative estimate of drug-likeness (QED) is 0.881. The van der Waals surface area contributed by atoms with Crippen LogP contribution in [-0.4, -0.2) is 36.6 Å². The molecule has 2 amide bonds. The zero-order valence-electron chi connectivity index (χ0n) is 10.6. The van der Waals surface area contributed by atoms with Crippen LogP contribution < -0.4 is 5.32 Å². The molecule has 1 N–H and O–H groups in total. The summed E-state index contributed by atoms with van der Waals surface area (Å²) in [5.41, 5.74) is 0.174. The Hall–Kier alpha value is -2.11. The van der Waals surface area contributed by atoms with E-state index in [0.717, 1.165) is 0 Å². The van der Waals surface area contributed by atoms with E-state index in [4.69, 9.17) is 4.74 Å². The predicted molar refractivity (Wildman–Crippen MR) is 65.9 cm³/mol. The molecule has 0 radical (unpaired) electrons. The topological polar surface area (TPSA) is 58.6 Å². The molecule has 1 aromatic carbocycles. The zero-order valence-corrected chi connectivity index (χ0v) is 10.6. The first kappa shape index (κ1) is 13.3. The number of halogens is 1. The zero-order chi connectivity index (χ0) is 13.8. The Kier molecular flexibility index (Phi) is 3.99. The second kappa shape index (κ2) is 5.69. The molecule has 1 aliphatic rings. The first-order chi connectivity index (χ1) is 9.15. The Morgan fingerprint density at radius 1 is 1.53 bits per heavy atom. The van der Waals surface area contributed by atoms with Crippen LogP contribution in [-0.2, 0) is 9.53 Å². The maximum absolute atomic E-state index is 13.8. The predicted octanol–water partition coefficient (Wildman–Crippen LogP) is 1.46. The van der Waals surface area contributed by atoms with Crippen molar-refractivity contribution in [1.29, 1.82) is 0 Å². The molecule has 2 rings (SSSR count). The Bertz CT molecular complexity index is 493. The van der Waals surface area contributed by atoms with Crippen LogP contribution in [0, 0.1) is 5.82 Å². The van der Waals surface area contributed by atoms with Crippen LogP contribution in [0.5, 0.6) is 0 Å². The first-order valence-electron chi connectivity index (χ1n) is 6.10. The fourth-order valence-corrected chi connectivity index (χ4v) is 2.08. The van der Waals surface area contributed by atoms with Crippen LogP contribution in [0.3, 0.4) is 0 Å². The minimum absolute atomic E-state index is 0.174. The van der Waals surface area contributed by atoms with Crippen LogP contribution >= 0.6 is 0 Å². The Morgan fingerprint density at radius 3 is 2.95 bits per heavy atom.